The molecule has 22 heavy (non-hydrogen) atoms. The van der Waals surface area contributed by atoms with E-state index in [2.05, 4.69) is 10.3 Å². The Labute approximate surface area is 129 Å². The van der Waals surface area contributed by atoms with Crippen molar-refractivity contribution in [3.8, 4) is 0 Å². The molecule has 1 amide bonds. The maximum absolute atomic E-state index is 11.0. The van der Waals surface area contributed by atoms with Gasteiger partial charge in [-0.1, -0.05) is 20.8 Å². The molecule has 1 fully saturated rings. The van der Waals surface area contributed by atoms with Gasteiger partial charge in [0.25, 0.3) is 0 Å². The van der Waals surface area contributed by atoms with Crippen molar-refractivity contribution in [2.24, 2.45) is 5.41 Å². The van der Waals surface area contributed by atoms with Crippen LogP contribution in [0.3, 0.4) is 0 Å². The monoisotopic (exact) mass is 309 g/mol. The minimum atomic E-state index is -1.17. The van der Waals surface area contributed by atoms with Gasteiger partial charge in [0.05, 0.1) is 30.1 Å². The van der Waals surface area contributed by atoms with Crippen LogP contribution in [0.25, 0.3) is 0 Å². The standard InChI is InChI=1S/C15H23N3O4/c1-15(2,3)13-12(19)10(18-14(20)21)6-11(22-13)8-4-5-17-7-9(8)16/h4-5,7,10-13,18-19H,6,16H2,1-3H3,(H,20,21)/t10-,11-,12+,13+/m1/s1. The summed E-state index contributed by atoms with van der Waals surface area (Å²) in [4.78, 5) is 14.9. The highest BCUT2D eigenvalue weighted by Gasteiger charge is 2.44. The molecule has 1 aliphatic rings. The lowest BCUT2D eigenvalue weighted by molar-refractivity contribution is -0.170. The number of carboxylic acid groups (broad SMARTS) is 1. The maximum atomic E-state index is 11.0. The van der Waals surface area contributed by atoms with E-state index in [1.165, 1.54) is 6.20 Å². The van der Waals surface area contributed by atoms with Gasteiger partial charge in [0.2, 0.25) is 0 Å². The molecule has 7 nitrogen and oxygen atoms in total. The summed E-state index contributed by atoms with van der Waals surface area (Å²) in [5.74, 6) is 0. The second-order valence-corrected chi connectivity index (χ2v) is 6.70. The van der Waals surface area contributed by atoms with Crippen LogP contribution in [0.5, 0.6) is 0 Å². The van der Waals surface area contributed by atoms with Gasteiger partial charge in [-0.2, -0.15) is 0 Å². The van der Waals surface area contributed by atoms with E-state index in [1.54, 1.807) is 12.3 Å². The number of aliphatic hydroxyl groups excluding tert-OH is 1. The number of ether oxygens (including phenoxy) is 1. The molecule has 0 unspecified atom stereocenters. The Morgan fingerprint density at radius 3 is 2.73 bits per heavy atom. The zero-order chi connectivity index (χ0) is 16.5. The lowest BCUT2D eigenvalue weighted by atomic mass is 9.79. The molecule has 2 heterocycles. The number of nitrogens with zero attached hydrogens (tertiary/aromatic N) is 1. The number of pyridine rings is 1. The number of hydrogen-bond acceptors (Lipinski definition) is 5. The first kappa shape index (κ1) is 16.5. The number of nitrogens with two attached hydrogens (primary N) is 1. The average Bonchev–Trinajstić information content (AvgIpc) is 2.40. The smallest absolute Gasteiger partial charge is 0.404 e. The second kappa shape index (κ2) is 6.10. The van der Waals surface area contributed by atoms with Crippen molar-refractivity contribution < 1.29 is 19.7 Å². The van der Waals surface area contributed by atoms with Crippen molar-refractivity contribution in [1.29, 1.82) is 0 Å². The molecule has 4 atom stereocenters. The fourth-order valence-corrected chi connectivity index (χ4v) is 2.82. The van der Waals surface area contributed by atoms with Gasteiger partial charge in [-0.25, -0.2) is 4.79 Å². The summed E-state index contributed by atoms with van der Waals surface area (Å²) in [5.41, 5.74) is 6.85. The Balaban J connectivity index is 2.32. The first-order valence-electron chi connectivity index (χ1n) is 7.22. The van der Waals surface area contributed by atoms with Gasteiger partial charge in [0.15, 0.2) is 0 Å². The number of rotatable bonds is 2. The first-order chi connectivity index (χ1) is 10.2. The lowest BCUT2D eigenvalue weighted by Crippen LogP contribution is -2.57. The van der Waals surface area contributed by atoms with Crippen molar-refractivity contribution in [3.05, 3.63) is 24.0 Å². The van der Waals surface area contributed by atoms with Crippen LogP contribution >= 0.6 is 0 Å². The van der Waals surface area contributed by atoms with Crippen LogP contribution in [0.15, 0.2) is 18.5 Å². The summed E-state index contributed by atoms with van der Waals surface area (Å²) in [7, 11) is 0. The first-order valence-corrected chi connectivity index (χ1v) is 7.22. The molecular formula is C15H23N3O4. The normalized spacial score (nSPS) is 29.1. The Morgan fingerprint density at radius 2 is 2.18 bits per heavy atom. The number of nitrogen functional groups attached to an aromatic ring is 1. The molecule has 1 saturated heterocycles. The highest BCUT2D eigenvalue weighted by molar-refractivity contribution is 5.65. The predicted octanol–water partition coefficient (Wildman–Crippen LogP) is 1.54. The van der Waals surface area contributed by atoms with Gasteiger partial charge in [-0.15, -0.1) is 0 Å². The third-order valence-corrected chi connectivity index (χ3v) is 3.90. The number of carbonyl (C=O) groups is 1. The van der Waals surface area contributed by atoms with Crippen LogP contribution in [-0.2, 0) is 4.74 Å². The predicted molar refractivity (Wildman–Crippen MR) is 81.3 cm³/mol. The molecule has 1 aliphatic heterocycles. The summed E-state index contributed by atoms with van der Waals surface area (Å²) >= 11 is 0. The molecule has 5 N–H and O–H groups in total. The van der Waals surface area contributed by atoms with Gasteiger partial charge in [-0.3, -0.25) is 4.98 Å². The zero-order valence-electron chi connectivity index (χ0n) is 13.0. The molecule has 7 heteroatoms. The van der Waals surface area contributed by atoms with Crippen molar-refractivity contribution in [2.45, 2.75) is 51.5 Å². The Bertz CT molecular complexity index is 544. The number of hydrogen-bond donors (Lipinski definition) is 4. The molecule has 0 bridgehead atoms. The van der Waals surface area contributed by atoms with Gasteiger partial charge in [-0.05, 0) is 11.5 Å². The van der Waals surface area contributed by atoms with Gasteiger partial charge in [0.1, 0.15) is 6.10 Å². The topological polar surface area (TPSA) is 118 Å². The lowest BCUT2D eigenvalue weighted by Gasteiger charge is -2.45. The minimum absolute atomic E-state index is 0.314. The number of aromatic nitrogens is 1. The molecule has 0 spiro atoms. The van der Waals surface area contributed by atoms with E-state index in [-0.39, 0.29) is 5.41 Å². The van der Waals surface area contributed by atoms with E-state index in [0.29, 0.717) is 12.1 Å². The van der Waals surface area contributed by atoms with E-state index in [9.17, 15) is 9.90 Å². The Kier molecular flexibility index (Phi) is 4.58. The number of aliphatic hydroxyl groups is 1. The summed E-state index contributed by atoms with van der Waals surface area (Å²) in [6.07, 6.45) is 0.466. The van der Waals surface area contributed by atoms with Gasteiger partial charge < -0.3 is 26.0 Å². The highest BCUT2D eigenvalue weighted by Crippen LogP contribution is 2.39. The van der Waals surface area contributed by atoms with E-state index in [4.69, 9.17) is 15.6 Å². The summed E-state index contributed by atoms with van der Waals surface area (Å²) in [5, 5.41) is 21.8. The molecule has 0 saturated carbocycles. The summed E-state index contributed by atoms with van der Waals surface area (Å²) in [6, 6.07) is 1.14. The van der Waals surface area contributed by atoms with E-state index in [1.807, 2.05) is 20.8 Å². The minimum Gasteiger partial charge on any atom is -0.465 e. The third kappa shape index (κ3) is 3.48. The Hall–Kier alpha value is -1.86. The fraction of sp³-hybridized carbons (Fsp3) is 0.600. The van der Waals surface area contributed by atoms with Crippen LogP contribution in [0, 0.1) is 5.41 Å². The quantitative estimate of drug-likeness (QED) is 0.658. The SMILES string of the molecule is CC(C)(C)[C@H]1O[C@@H](c2ccncc2N)C[C@@H](NC(=O)O)[C@@H]1O. The van der Waals surface area contributed by atoms with Crippen LogP contribution in [0.2, 0.25) is 0 Å². The molecule has 2 rings (SSSR count). The van der Waals surface area contributed by atoms with Crippen LogP contribution in [0.1, 0.15) is 38.9 Å². The number of nitrogens with one attached hydrogen (secondary N) is 1. The molecule has 1 aromatic rings. The van der Waals surface area contributed by atoms with E-state index < -0.39 is 30.4 Å². The fourth-order valence-electron chi connectivity index (χ4n) is 2.82. The maximum Gasteiger partial charge on any atom is 0.404 e. The molecular weight excluding hydrogens is 286 g/mol. The summed E-state index contributed by atoms with van der Waals surface area (Å²) in [6.45, 7) is 5.82. The molecule has 0 aliphatic carbocycles. The van der Waals surface area contributed by atoms with Gasteiger partial charge in [0, 0.05) is 18.2 Å². The number of amides is 1. The molecule has 1 aromatic heterocycles. The summed E-state index contributed by atoms with van der Waals surface area (Å²) < 4.78 is 6.05. The average molecular weight is 309 g/mol. The van der Waals surface area contributed by atoms with Crippen LogP contribution in [-0.4, -0.2) is 39.5 Å². The van der Waals surface area contributed by atoms with E-state index in [0.717, 1.165) is 5.56 Å². The molecule has 0 aromatic carbocycles. The van der Waals surface area contributed by atoms with Crippen molar-refractivity contribution in [1.82, 2.24) is 10.3 Å². The highest BCUT2D eigenvalue weighted by atomic mass is 16.5. The van der Waals surface area contributed by atoms with Crippen molar-refractivity contribution >= 4 is 11.8 Å². The van der Waals surface area contributed by atoms with Crippen molar-refractivity contribution in [2.75, 3.05) is 5.73 Å². The van der Waals surface area contributed by atoms with Gasteiger partial charge >= 0.3 is 6.09 Å². The molecule has 0 radical (unpaired) electrons. The van der Waals surface area contributed by atoms with Crippen LogP contribution in [0.4, 0.5) is 10.5 Å². The van der Waals surface area contributed by atoms with Crippen LogP contribution < -0.4 is 11.1 Å². The second-order valence-electron chi connectivity index (χ2n) is 6.70. The molecule has 122 valence electrons. The Morgan fingerprint density at radius 1 is 1.50 bits per heavy atom. The zero-order valence-corrected chi connectivity index (χ0v) is 13.0. The van der Waals surface area contributed by atoms with E-state index >= 15 is 0 Å². The van der Waals surface area contributed by atoms with Crippen molar-refractivity contribution in [3.63, 3.8) is 0 Å². The third-order valence-electron chi connectivity index (χ3n) is 3.90. The largest absolute Gasteiger partial charge is 0.465 e. The number of anilines is 1.